The third kappa shape index (κ3) is 5.41. The summed E-state index contributed by atoms with van der Waals surface area (Å²) in [6, 6.07) is 11.9. The number of hydrogen-bond donors (Lipinski definition) is 0. The molecule has 1 aliphatic rings. The van der Waals surface area contributed by atoms with Crippen LogP contribution in [-0.4, -0.2) is 5.92 Å². The van der Waals surface area contributed by atoms with Crippen LogP contribution in [0.4, 0.5) is 13.2 Å². The summed E-state index contributed by atoms with van der Waals surface area (Å²) in [5, 5.41) is 0. The molecule has 0 bridgehead atoms. The average Bonchev–Trinajstić information content (AvgIpc) is 2.92. The van der Waals surface area contributed by atoms with Crippen molar-refractivity contribution < 1.29 is 60.4 Å². The molecule has 1 unspecified atom stereocenters. The molecule has 3 rings (SSSR count). The van der Waals surface area contributed by atoms with Crippen LogP contribution in [0, 0.1) is 5.92 Å². The standard InChI is InChI=1S/C19H16F3.C2H6Si.2ClH.Zr/c1-12(2)15-10-14-4-3-5-17(18(14)11-15)13-6-8-16(9-7-13)19(20,21)22;1-3-2;;;/h3-12H,1-2H3;1-2H3;2*1H;/q;;;;+2/p-2. The SMILES string of the molecule is CC(C)C1=Cc2c(-c3ccc(C(F)(F)F)cc3)cccc2[CH]1[Zr+2][Si](C)C.[Cl-].[Cl-]. The van der Waals surface area contributed by atoms with E-state index < -0.39 is 34.1 Å². The van der Waals surface area contributed by atoms with Gasteiger partial charge in [-0.2, -0.15) is 0 Å². The molecule has 0 heterocycles. The summed E-state index contributed by atoms with van der Waals surface area (Å²) >= 11 is -0.527. The average molecular weight is 522 g/mol. The van der Waals surface area contributed by atoms with Crippen LogP contribution in [0.25, 0.3) is 17.2 Å². The minimum Gasteiger partial charge on any atom is -1.00 e. The quantitative estimate of drug-likeness (QED) is 0.523. The van der Waals surface area contributed by atoms with Gasteiger partial charge >= 0.3 is 166 Å². The molecule has 2 aromatic rings. The Bertz CT molecular complexity index is 831. The summed E-state index contributed by atoms with van der Waals surface area (Å²) in [7, 11) is 0. The van der Waals surface area contributed by atoms with Gasteiger partial charge in [0.05, 0.1) is 0 Å². The molecular weight excluding hydrogens is 499 g/mol. The maximum absolute atomic E-state index is 12.9. The first kappa shape index (κ1) is 25.7. The maximum Gasteiger partial charge on any atom is -1.00 e. The fourth-order valence-electron chi connectivity index (χ4n) is 3.47. The Hall–Kier alpha value is -0.350. The minimum atomic E-state index is -4.29. The van der Waals surface area contributed by atoms with Gasteiger partial charge in [-0.25, -0.2) is 0 Å². The predicted molar refractivity (Wildman–Crippen MR) is 99.9 cm³/mol. The molecule has 1 aliphatic carbocycles. The monoisotopic (exact) mass is 519 g/mol. The van der Waals surface area contributed by atoms with Crippen molar-refractivity contribution in [2.24, 2.45) is 5.92 Å². The van der Waals surface area contributed by atoms with Crippen LogP contribution < -0.4 is 24.8 Å². The molecule has 0 N–H and O–H groups in total. The largest absolute Gasteiger partial charge is 1.00 e. The Morgan fingerprint density at radius 1 is 0.964 bits per heavy atom. The zero-order valence-electron chi connectivity index (χ0n) is 16.2. The maximum atomic E-state index is 12.9. The summed E-state index contributed by atoms with van der Waals surface area (Å²) in [5.41, 5.74) is 5.48. The normalized spacial score (nSPS) is 15.5. The van der Waals surface area contributed by atoms with Crippen LogP contribution in [0.15, 0.2) is 48.0 Å². The van der Waals surface area contributed by atoms with Crippen molar-refractivity contribution >= 4 is 12.0 Å². The molecule has 28 heavy (non-hydrogen) atoms. The molecule has 0 aromatic heterocycles. The van der Waals surface area contributed by atoms with Crippen molar-refractivity contribution in [2.45, 2.75) is 36.7 Å². The molecule has 1 radical (unpaired) electrons. The third-order valence-corrected chi connectivity index (χ3v) is 13.6. The third-order valence-electron chi connectivity index (χ3n) is 4.72. The Morgan fingerprint density at radius 2 is 1.57 bits per heavy atom. The summed E-state index contributed by atoms with van der Waals surface area (Å²) < 4.78 is 39.2. The van der Waals surface area contributed by atoms with Gasteiger partial charge in [0.1, 0.15) is 0 Å². The molecule has 0 aliphatic heterocycles. The molecule has 0 fully saturated rings. The van der Waals surface area contributed by atoms with Gasteiger partial charge in [0.25, 0.3) is 0 Å². The first-order valence-electron chi connectivity index (χ1n) is 8.77. The van der Waals surface area contributed by atoms with Gasteiger partial charge in [-0.15, -0.1) is 0 Å². The molecule has 0 saturated heterocycles. The fourth-order valence-corrected chi connectivity index (χ4v) is 12.6. The summed E-state index contributed by atoms with van der Waals surface area (Å²) in [6.07, 6.45) is -1.97. The number of allylic oxidation sites excluding steroid dienone is 1. The van der Waals surface area contributed by atoms with E-state index in [0.29, 0.717) is 9.54 Å². The van der Waals surface area contributed by atoms with Crippen LogP contribution in [0.3, 0.4) is 0 Å². The topological polar surface area (TPSA) is 0 Å². The smallest absolute Gasteiger partial charge is 1.00 e. The molecule has 2 aromatic carbocycles. The Morgan fingerprint density at radius 3 is 2.07 bits per heavy atom. The second-order valence-electron chi connectivity index (χ2n) is 7.26. The number of benzene rings is 2. The van der Waals surface area contributed by atoms with Crippen LogP contribution in [0.1, 0.15) is 34.2 Å². The van der Waals surface area contributed by atoms with Crippen molar-refractivity contribution in [3.05, 3.63) is 64.7 Å². The van der Waals surface area contributed by atoms with Gasteiger partial charge in [0.15, 0.2) is 0 Å². The van der Waals surface area contributed by atoms with Gasteiger partial charge in [-0.05, 0) is 0 Å². The van der Waals surface area contributed by atoms with E-state index in [1.807, 2.05) is 6.07 Å². The number of hydrogen-bond acceptors (Lipinski definition) is 0. The Labute approximate surface area is 190 Å². The first-order chi connectivity index (χ1) is 12.2. The van der Waals surface area contributed by atoms with E-state index in [1.54, 1.807) is 12.1 Å². The van der Waals surface area contributed by atoms with E-state index in [-0.39, 0.29) is 30.7 Å². The Kier molecular flexibility index (Phi) is 9.27. The van der Waals surface area contributed by atoms with Gasteiger partial charge < -0.3 is 24.8 Å². The second kappa shape index (κ2) is 10.1. The van der Waals surface area contributed by atoms with E-state index >= 15 is 0 Å². The molecule has 149 valence electrons. The minimum absolute atomic E-state index is 0. The van der Waals surface area contributed by atoms with Gasteiger partial charge in [-0.3, -0.25) is 0 Å². The first-order valence-corrected chi connectivity index (χ1v) is 16.4. The van der Waals surface area contributed by atoms with Crippen molar-refractivity contribution in [3.63, 3.8) is 0 Å². The summed E-state index contributed by atoms with van der Waals surface area (Å²) in [5.74, 6) is 0.290. The van der Waals surface area contributed by atoms with Crippen molar-refractivity contribution in [1.29, 1.82) is 0 Å². The van der Waals surface area contributed by atoms with Crippen LogP contribution in [-0.2, 0) is 28.6 Å². The van der Waals surface area contributed by atoms with E-state index in [2.05, 4.69) is 45.2 Å². The summed E-state index contributed by atoms with van der Waals surface area (Å²) in [6.45, 7) is 9.32. The van der Waals surface area contributed by atoms with E-state index in [4.69, 9.17) is 0 Å². The number of alkyl halides is 3. The molecular formula is C21H22Cl2F3SiZr. The van der Waals surface area contributed by atoms with Gasteiger partial charge in [-0.1, -0.05) is 0 Å². The summed E-state index contributed by atoms with van der Waals surface area (Å²) in [4.78, 5) is 0. The van der Waals surface area contributed by atoms with Crippen LogP contribution in [0.5, 0.6) is 0 Å². The van der Waals surface area contributed by atoms with Crippen molar-refractivity contribution in [3.8, 4) is 11.1 Å². The van der Waals surface area contributed by atoms with Gasteiger partial charge in [0.2, 0.25) is 0 Å². The molecule has 0 amide bonds. The van der Waals surface area contributed by atoms with Crippen LogP contribution >= 0.6 is 0 Å². The molecule has 1 atom stereocenters. The number of halogens is 5. The number of fused-ring (bicyclic) bond motifs is 1. The molecule has 0 nitrogen and oxygen atoms in total. The second-order valence-corrected chi connectivity index (χ2v) is 20.5. The van der Waals surface area contributed by atoms with E-state index in [9.17, 15) is 13.2 Å². The predicted octanol–water partition coefficient (Wildman–Crippen LogP) is 0.808. The van der Waals surface area contributed by atoms with Crippen LogP contribution in [0.2, 0.25) is 13.1 Å². The Balaban J connectivity index is 0.00000196. The number of rotatable bonds is 4. The molecule has 0 saturated carbocycles. The zero-order chi connectivity index (χ0) is 19.1. The zero-order valence-corrected chi connectivity index (χ0v) is 21.1. The van der Waals surface area contributed by atoms with Gasteiger partial charge in [0, 0.05) is 0 Å². The fraction of sp³-hybridized carbons (Fsp3) is 0.333. The van der Waals surface area contributed by atoms with E-state index in [0.717, 1.165) is 11.1 Å². The van der Waals surface area contributed by atoms with Crippen molar-refractivity contribution in [2.75, 3.05) is 0 Å². The van der Waals surface area contributed by atoms with E-state index in [1.165, 1.54) is 28.8 Å². The van der Waals surface area contributed by atoms with Crippen molar-refractivity contribution in [1.82, 2.24) is 0 Å². The molecule has 0 spiro atoms. The molecule has 7 heteroatoms.